The van der Waals surface area contributed by atoms with Crippen LogP contribution < -0.4 is 5.32 Å². The van der Waals surface area contributed by atoms with E-state index in [0.717, 1.165) is 19.1 Å². The highest BCUT2D eigenvalue weighted by Crippen LogP contribution is 2.28. The van der Waals surface area contributed by atoms with Gasteiger partial charge in [-0.1, -0.05) is 29.4 Å². The molecule has 2 aromatic heterocycles. The number of hydrogen-bond acceptors (Lipinski definition) is 4. The van der Waals surface area contributed by atoms with Gasteiger partial charge in [-0.05, 0) is 55.5 Å². The molecule has 0 radical (unpaired) electrons. The average Bonchev–Trinajstić information content (AvgIpc) is 3.03. The molecule has 3 aromatic rings. The van der Waals surface area contributed by atoms with Crippen LogP contribution in [0.3, 0.4) is 0 Å². The molecule has 3 rings (SSSR count). The van der Waals surface area contributed by atoms with E-state index in [0.29, 0.717) is 5.56 Å². The third-order valence-corrected chi connectivity index (χ3v) is 5.72. The van der Waals surface area contributed by atoms with Crippen LogP contribution in [0, 0.1) is 0 Å². The van der Waals surface area contributed by atoms with Crippen LogP contribution in [0.25, 0.3) is 0 Å². The fourth-order valence-electron chi connectivity index (χ4n) is 2.11. The number of carbonyl (C=O) groups excluding carboxylic acids is 1. The van der Waals surface area contributed by atoms with E-state index in [1.165, 1.54) is 11.3 Å². The first-order valence-corrected chi connectivity index (χ1v) is 9.38. The summed E-state index contributed by atoms with van der Waals surface area (Å²) in [7, 11) is 0. The number of thiophene rings is 1. The number of halogens is 1. The van der Waals surface area contributed by atoms with Gasteiger partial charge in [0.25, 0.3) is 5.91 Å². The van der Waals surface area contributed by atoms with Gasteiger partial charge in [0, 0.05) is 21.5 Å². The molecule has 0 spiro atoms. The zero-order valence-corrected chi connectivity index (χ0v) is 15.3. The van der Waals surface area contributed by atoms with Crippen LogP contribution in [0.4, 0.5) is 0 Å². The number of hydrogen-bond donors (Lipinski definition) is 1. The van der Waals surface area contributed by atoms with E-state index in [9.17, 15) is 4.79 Å². The topological polar surface area (TPSA) is 42.0 Å². The highest BCUT2D eigenvalue weighted by molar-refractivity contribution is 7.99. The zero-order chi connectivity index (χ0) is 16.9. The first-order valence-electron chi connectivity index (χ1n) is 7.37. The second-order valence-electron chi connectivity index (χ2n) is 5.13. The summed E-state index contributed by atoms with van der Waals surface area (Å²) in [5.41, 5.74) is 0.634. The average molecular weight is 375 g/mol. The summed E-state index contributed by atoms with van der Waals surface area (Å²) in [6.45, 7) is 1.95. The summed E-state index contributed by atoms with van der Waals surface area (Å²) in [4.78, 5) is 18.7. The number of nitrogens with one attached hydrogen (secondary N) is 1. The largest absolute Gasteiger partial charge is 0.345 e. The van der Waals surface area contributed by atoms with Crippen molar-refractivity contribution in [2.45, 2.75) is 22.9 Å². The second kappa shape index (κ2) is 7.83. The standard InChI is InChI=1S/C18H15ClN2OS2/c1-12(15-9-10-16(19)24-15)21-18(22)13-5-7-14(8-6-13)23-17-4-2-3-11-20-17/h2-12H,1H3,(H,21,22). The summed E-state index contributed by atoms with van der Waals surface area (Å²) >= 11 is 8.98. The van der Waals surface area contributed by atoms with Crippen molar-refractivity contribution >= 4 is 40.6 Å². The third kappa shape index (κ3) is 4.38. The van der Waals surface area contributed by atoms with E-state index < -0.39 is 0 Å². The van der Waals surface area contributed by atoms with Crippen molar-refractivity contribution in [1.29, 1.82) is 0 Å². The lowest BCUT2D eigenvalue weighted by Gasteiger charge is -2.12. The maximum Gasteiger partial charge on any atom is 0.251 e. The minimum absolute atomic E-state index is 0.0717. The fourth-order valence-corrected chi connectivity index (χ4v) is 3.95. The Morgan fingerprint density at radius 3 is 2.58 bits per heavy atom. The van der Waals surface area contributed by atoms with E-state index in [1.807, 2.05) is 61.5 Å². The Bertz CT molecular complexity index is 819. The van der Waals surface area contributed by atoms with Crippen LogP contribution in [0.1, 0.15) is 28.2 Å². The van der Waals surface area contributed by atoms with E-state index >= 15 is 0 Å². The predicted molar refractivity (Wildman–Crippen MR) is 100 cm³/mol. The molecule has 0 aliphatic heterocycles. The molecule has 122 valence electrons. The molecule has 6 heteroatoms. The first-order chi connectivity index (χ1) is 11.6. The number of rotatable bonds is 5. The molecule has 0 saturated carbocycles. The van der Waals surface area contributed by atoms with Crippen LogP contribution in [0.2, 0.25) is 4.34 Å². The minimum atomic E-state index is -0.0959. The molecule has 1 N–H and O–H groups in total. The molecule has 0 saturated heterocycles. The van der Waals surface area contributed by atoms with Crippen molar-refractivity contribution in [3.8, 4) is 0 Å². The molecular weight excluding hydrogens is 360 g/mol. The van der Waals surface area contributed by atoms with Crippen LogP contribution in [-0.4, -0.2) is 10.9 Å². The quantitative estimate of drug-likeness (QED) is 0.646. The maximum atomic E-state index is 12.3. The third-order valence-electron chi connectivity index (χ3n) is 3.35. The summed E-state index contributed by atoms with van der Waals surface area (Å²) in [5, 5.41) is 3.92. The Hall–Kier alpha value is -1.82. The first kappa shape index (κ1) is 17.0. The van der Waals surface area contributed by atoms with Crippen molar-refractivity contribution in [2.24, 2.45) is 0 Å². The lowest BCUT2D eigenvalue weighted by atomic mass is 10.2. The van der Waals surface area contributed by atoms with Gasteiger partial charge in [-0.2, -0.15) is 0 Å². The van der Waals surface area contributed by atoms with E-state index in [-0.39, 0.29) is 11.9 Å². The van der Waals surface area contributed by atoms with Gasteiger partial charge < -0.3 is 5.32 Å². The highest BCUT2D eigenvalue weighted by atomic mass is 35.5. The molecular formula is C18H15ClN2OS2. The Labute approximate surface area is 154 Å². The van der Waals surface area contributed by atoms with Crippen molar-refractivity contribution < 1.29 is 4.79 Å². The van der Waals surface area contributed by atoms with Crippen molar-refractivity contribution in [3.05, 3.63) is 75.6 Å². The lowest BCUT2D eigenvalue weighted by molar-refractivity contribution is 0.0940. The molecule has 3 nitrogen and oxygen atoms in total. The molecule has 1 amide bonds. The molecule has 1 unspecified atom stereocenters. The van der Waals surface area contributed by atoms with Gasteiger partial charge in [0.1, 0.15) is 5.03 Å². The van der Waals surface area contributed by atoms with Crippen LogP contribution >= 0.6 is 34.7 Å². The lowest BCUT2D eigenvalue weighted by Crippen LogP contribution is -2.25. The van der Waals surface area contributed by atoms with Crippen molar-refractivity contribution in [2.75, 3.05) is 0 Å². The summed E-state index contributed by atoms with van der Waals surface area (Å²) < 4.78 is 0.724. The highest BCUT2D eigenvalue weighted by Gasteiger charge is 2.13. The maximum absolute atomic E-state index is 12.3. The Kier molecular flexibility index (Phi) is 5.56. The molecule has 0 fully saturated rings. The molecule has 0 bridgehead atoms. The summed E-state index contributed by atoms with van der Waals surface area (Å²) in [5.74, 6) is -0.0959. The van der Waals surface area contributed by atoms with E-state index in [4.69, 9.17) is 11.6 Å². The van der Waals surface area contributed by atoms with Gasteiger partial charge in [0.05, 0.1) is 10.4 Å². The predicted octanol–water partition coefficient (Wildman–Crippen LogP) is 5.44. The Morgan fingerprint density at radius 1 is 1.17 bits per heavy atom. The zero-order valence-electron chi connectivity index (χ0n) is 12.9. The van der Waals surface area contributed by atoms with Crippen LogP contribution in [0.5, 0.6) is 0 Å². The molecule has 0 aliphatic rings. The summed E-state index contributed by atoms with van der Waals surface area (Å²) in [6, 6.07) is 17.0. The SMILES string of the molecule is CC(NC(=O)c1ccc(Sc2ccccn2)cc1)c1ccc(Cl)s1. The summed E-state index contributed by atoms with van der Waals surface area (Å²) in [6.07, 6.45) is 1.77. The monoisotopic (exact) mass is 374 g/mol. The fraction of sp³-hybridized carbons (Fsp3) is 0.111. The molecule has 1 atom stereocenters. The smallest absolute Gasteiger partial charge is 0.251 e. The van der Waals surface area contributed by atoms with E-state index in [2.05, 4.69) is 10.3 Å². The number of aromatic nitrogens is 1. The van der Waals surface area contributed by atoms with Gasteiger partial charge in [0.2, 0.25) is 0 Å². The Morgan fingerprint density at radius 2 is 1.96 bits per heavy atom. The second-order valence-corrected chi connectivity index (χ2v) is 7.97. The minimum Gasteiger partial charge on any atom is -0.345 e. The van der Waals surface area contributed by atoms with Crippen molar-refractivity contribution in [1.82, 2.24) is 10.3 Å². The van der Waals surface area contributed by atoms with Gasteiger partial charge >= 0.3 is 0 Å². The normalized spacial score (nSPS) is 11.9. The molecule has 24 heavy (non-hydrogen) atoms. The van der Waals surface area contributed by atoms with Crippen LogP contribution in [0.15, 0.2) is 70.7 Å². The molecule has 2 heterocycles. The number of carbonyl (C=O) groups is 1. The number of benzene rings is 1. The van der Waals surface area contributed by atoms with Gasteiger partial charge in [-0.25, -0.2) is 4.98 Å². The number of amides is 1. The van der Waals surface area contributed by atoms with Gasteiger partial charge in [0.15, 0.2) is 0 Å². The van der Waals surface area contributed by atoms with Crippen molar-refractivity contribution in [3.63, 3.8) is 0 Å². The van der Waals surface area contributed by atoms with E-state index in [1.54, 1.807) is 18.0 Å². The number of pyridine rings is 1. The molecule has 0 aliphatic carbocycles. The van der Waals surface area contributed by atoms with Crippen LogP contribution in [-0.2, 0) is 0 Å². The Balaban J connectivity index is 1.63. The molecule has 1 aromatic carbocycles. The van der Waals surface area contributed by atoms with Gasteiger partial charge in [-0.3, -0.25) is 4.79 Å². The number of nitrogens with zero attached hydrogens (tertiary/aromatic N) is 1. The van der Waals surface area contributed by atoms with Gasteiger partial charge in [-0.15, -0.1) is 11.3 Å².